The van der Waals surface area contributed by atoms with E-state index in [2.05, 4.69) is 20.4 Å². The van der Waals surface area contributed by atoms with Crippen LogP contribution in [0.3, 0.4) is 0 Å². The van der Waals surface area contributed by atoms with Gasteiger partial charge in [0.1, 0.15) is 0 Å². The Morgan fingerprint density at radius 2 is 1.92 bits per heavy atom. The third-order valence-electron chi connectivity index (χ3n) is 4.32. The highest BCUT2D eigenvalue weighted by Crippen LogP contribution is 2.45. The molecule has 1 saturated carbocycles. The van der Waals surface area contributed by atoms with Crippen molar-refractivity contribution in [3.63, 3.8) is 0 Å². The molecule has 0 spiro atoms. The van der Waals surface area contributed by atoms with E-state index in [1.54, 1.807) is 4.52 Å². The van der Waals surface area contributed by atoms with E-state index in [0.29, 0.717) is 10.8 Å². The molecule has 6 nitrogen and oxygen atoms in total. The van der Waals surface area contributed by atoms with Crippen LogP contribution in [0.25, 0.3) is 5.78 Å². The number of fused-ring (bicyclic) bond motifs is 1. The molecule has 2 aromatic heterocycles. The minimum absolute atomic E-state index is 0.136. The van der Waals surface area contributed by atoms with Gasteiger partial charge < -0.3 is 5.32 Å². The van der Waals surface area contributed by atoms with Crippen LogP contribution < -0.4 is 5.32 Å². The number of amides is 1. The van der Waals surface area contributed by atoms with Gasteiger partial charge in [0.15, 0.2) is 0 Å². The first-order valence-electron chi connectivity index (χ1n) is 7.76. The fourth-order valence-electron chi connectivity index (χ4n) is 2.92. The molecule has 7 heteroatoms. The Morgan fingerprint density at radius 1 is 1.21 bits per heavy atom. The third-order valence-corrected chi connectivity index (χ3v) is 4.57. The van der Waals surface area contributed by atoms with Crippen LogP contribution in [0, 0.1) is 13.8 Å². The molecule has 1 N–H and O–H groups in total. The van der Waals surface area contributed by atoms with Crippen molar-refractivity contribution in [2.24, 2.45) is 0 Å². The van der Waals surface area contributed by atoms with Gasteiger partial charge in [-0.15, -0.1) is 5.10 Å². The minimum atomic E-state index is -0.336. The molecular weight excluding hydrogens is 326 g/mol. The van der Waals surface area contributed by atoms with Crippen molar-refractivity contribution < 1.29 is 4.79 Å². The Morgan fingerprint density at radius 3 is 2.58 bits per heavy atom. The fraction of sp³-hybridized carbons (Fsp3) is 0.294. The number of aromatic nitrogens is 4. The summed E-state index contributed by atoms with van der Waals surface area (Å²) >= 11 is 5.94. The highest BCUT2D eigenvalue weighted by Gasteiger charge is 2.46. The molecule has 2 heterocycles. The average molecular weight is 342 g/mol. The molecule has 0 unspecified atom stereocenters. The van der Waals surface area contributed by atoms with Gasteiger partial charge in [0.2, 0.25) is 5.82 Å². The first-order chi connectivity index (χ1) is 11.5. The van der Waals surface area contributed by atoms with Gasteiger partial charge >= 0.3 is 0 Å². The summed E-state index contributed by atoms with van der Waals surface area (Å²) in [5.74, 6) is 0.287. The van der Waals surface area contributed by atoms with Crippen molar-refractivity contribution in [3.05, 3.63) is 58.1 Å². The zero-order valence-electron chi connectivity index (χ0n) is 13.4. The smallest absolute Gasteiger partial charge is 0.291 e. The summed E-state index contributed by atoms with van der Waals surface area (Å²) in [4.78, 5) is 21.2. The Labute approximate surface area is 143 Å². The van der Waals surface area contributed by atoms with Crippen LogP contribution in [0.15, 0.2) is 30.3 Å². The fourth-order valence-corrected chi connectivity index (χ4v) is 3.04. The summed E-state index contributed by atoms with van der Waals surface area (Å²) in [5.41, 5.74) is 2.45. The number of benzene rings is 1. The van der Waals surface area contributed by atoms with Crippen molar-refractivity contribution >= 4 is 23.3 Å². The lowest BCUT2D eigenvalue weighted by atomic mass is 10.1. The minimum Gasteiger partial charge on any atom is -0.340 e. The summed E-state index contributed by atoms with van der Waals surface area (Å²) in [5, 5.41) is 8.03. The molecule has 122 valence electrons. The number of rotatable bonds is 3. The maximum absolute atomic E-state index is 12.6. The summed E-state index contributed by atoms with van der Waals surface area (Å²) in [6, 6.07) is 9.47. The van der Waals surface area contributed by atoms with Gasteiger partial charge in [0, 0.05) is 16.4 Å². The van der Waals surface area contributed by atoms with Crippen LogP contribution in [0.5, 0.6) is 0 Å². The monoisotopic (exact) mass is 341 g/mol. The first-order valence-corrected chi connectivity index (χ1v) is 8.14. The summed E-state index contributed by atoms with van der Waals surface area (Å²) in [7, 11) is 0. The largest absolute Gasteiger partial charge is 0.340 e. The van der Waals surface area contributed by atoms with E-state index in [1.807, 2.05) is 44.2 Å². The number of nitrogens with zero attached hydrogens (tertiary/aromatic N) is 4. The van der Waals surface area contributed by atoms with E-state index < -0.39 is 0 Å². The lowest BCUT2D eigenvalue weighted by molar-refractivity contribution is 0.0920. The lowest BCUT2D eigenvalue weighted by Crippen LogP contribution is -2.35. The van der Waals surface area contributed by atoms with Crippen molar-refractivity contribution in [2.75, 3.05) is 0 Å². The summed E-state index contributed by atoms with van der Waals surface area (Å²) in [6.07, 6.45) is 1.79. The van der Waals surface area contributed by atoms with Crippen molar-refractivity contribution in [1.82, 2.24) is 24.9 Å². The number of hydrogen-bond acceptors (Lipinski definition) is 4. The van der Waals surface area contributed by atoms with E-state index in [0.717, 1.165) is 29.8 Å². The Hall–Kier alpha value is -2.47. The van der Waals surface area contributed by atoms with Gasteiger partial charge in [-0.25, -0.2) is 9.50 Å². The molecule has 0 saturated heterocycles. The van der Waals surface area contributed by atoms with E-state index in [9.17, 15) is 4.79 Å². The zero-order valence-corrected chi connectivity index (χ0v) is 14.1. The first kappa shape index (κ1) is 15.1. The van der Waals surface area contributed by atoms with E-state index in [4.69, 9.17) is 11.6 Å². The Kier molecular flexibility index (Phi) is 3.31. The highest BCUT2D eigenvalue weighted by atomic mass is 35.5. The molecule has 1 aliphatic carbocycles. The van der Waals surface area contributed by atoms with Gasteiger partial charge in [0.25, 0.3) is 11.7 Å². The normalized spacial score (nSPS) is 15.5. The van der Waals surface area contributed by atoms with Crippen LogP contribution in [-0.2, 0) is 5.54 Å². The average Bonchev–Trinajstić information content (AvgIpc) is 3.17. The van der Waals surface area contributed by atoms with Crippen LogP contribution in [0.1, 0.15) is 40.4 Å². The number of aryl methyl sites for hydroxylation is 2. The molecule has 0 bridgehead atoms. The Bertz CT molecular complexity index is 944. The third kappa shape index (κ3) is 2.53. The topological polar surface area (TPSA) is 72.2 Å². The molecule has 0 atom stereocenters. The van der Waals surface area contributed by atoms with Crippen LogP contribution in [0.2, 0.25) is 5.02 Å². The molecule has 0 aliphatic heterocycles. The van der Waals surface area contributed by atoms with Crippen LogP contribution in [-0.4, -0.2) is 25.5 Å². The second-order valence-electron chi connectivity index (χ2n) is 6.23. The van der Waals surface area contributed by atoms with E-state index in [-0.39, 0.29) is 17.3 Å². The maximum atomic E-state index is 12.6. The number of hydrogen-bond donors (Lipinski definition) is 1. The second kappa shape index (κ2) is 5.27. The molecule has 0 radical (unpaired) electrons. The highest BCUT2D eigenvalue weighted by molar-refractivity contribution is 6.30. The van der Waals surface area contributed by atoms with Crippen LogP contribution in [0.4, 0.5) is 0 Å². The quantitative estimate of drug-likeness (QED) is 0.795. The van der Waals surface area contributed by atoms with Crippen molar-refractivity contribution in [1.29, 1.82) is 0 Å². The maximum Gasteiger partial charge on any atom is 0.291 e. The standard InChI is InChI=1S/C17H16ClN5O/c1-10-9-11(2)23-16(19-10)20-14(22-23)15(24)21-17(7-8-17)12-3-5-13(18)6-4-12/h3-6,9H,7-8H2,1-2H3,(H,21,24). The SMILES string of the molecule is Cc1cc(C)n2nc(C(=O)NC3(c4ccc(Cl)cc4)CC3)nc2n1. The van der Waals surface area contributed by atoms with Crippen LogP contribution >= 0.6 is 11.6 Å². The molecule has 1 fully saturated rings. The van der Waals surface area contributed by atoms with E-state index >= 15 is 0 Å². The van der Waals surface area contributed by atoms with Gasteiger partial charge in [-0.05, 0) is 50.5 Å². The van der Waals surface area contributed by atoms with Gasteiger partial charge in [-0.3, -0.25) is 4.79 Å². The summed E-state index contributed by atoms with van der Waals surface area (Å²) in [6.45, 7) is 3.80. The van der Waals surface area contributed by atoms with Gasteiger partial charge in [-0.2, -0.15) is 4.98 Å². The lowest BCUT2D eigenvalue weighted by Gasteiger charge is -2.16. The number of nitrogens with one attached hydrogen (secondary N) is 1. The number of halogens is 1. The Balaban J connectivity index is 1.62. The van der Waals surface area contributed by atoms with Crippen molar-refractivity contribution in [3.8, 4) is 0 Å². The zero-order chi connectivity index (χ0) is 16.9. The summed E-state index contributed by atoms with van der Waals surface area (Å²) < 4.78 is 1.59. The second-order valence-corrected chi connectivity index (χ2v) is 6.67. The number of carbonyl (C=O) groups excluding carboxylic acids is 1. The van der Waals surface area contributed by atoms with Crippen molar-refractivity contribution in [2.45, 2.75) is 32.2 Å². The molecular formula is C17H16ClN5O. The van der Waals surface area contributed by atoms with Gasteiger partial charge in [-0.1, -0.05) is 23.7 Å². The van der Waals surface area contributed by atoms with E-state index in [1.165, 1.54) is 0 Å². The molecule has 4 rings (SSSR count). The predicted molar refractivity (Wildman–Crippen MR) is 90.1 cm³/mol. The van der Waals surface area contributed by atoms with Gasteiger partial charge in [0.05, 0.1) is 5.54 Å². The molecule has 1 aliphatic rings. The molecule has 24 heavy (non-hydrogen) atoms. The molecule has 1 aromatic carbocycles. The number of carbonyl (C=O) groups is 1. The molecule has 3 aromatic rings. The predicted octanol–water partition coefficient (Wildman–Crippen LogP) is 2.81. The molecule has 1 amide bonds.